The molecule has 1 aromatic heterocycles. The van der Waals surface area contributed by atoms with Gasteiger partial charge in [0.1, 0.15) is 12.2 Å². The summed E-state index contributed by atoms with van der Waals surface area (Å²) in [7, 11) is 1.69. The first-order chi connectivity index (χ1) is 11.3. The Hall–Kier alpha value is -1.47. The Labute approximate surface area is 137 Å². The highest BCUT2D eigenvalue weighted by molar-refractivity contribution is 5.76. The topological polar surface area (TPSA) is 72.3 Å². The summed E-state index contributed by atoms with van der Waals surface area (Å²) in [5.41, 5.74) is 0. The largest absolute Gasteiger partial charge is 0.383 e. The lowest BCUT2D eigenvalue weighted by Crippen LogP contribution is -2.33. The number of hydrogen-bond acceptors (Lipinski definition) is 5. The van der Waals surface area contributed by atoms with Crippen LogP contribution in [0.4, 0.5) is 0 Å². The fourth-order valence-electron chi connectivity index (χ4n) is 3.07. The Balaban J connectivity index is 1.46. The van der Waals surface area contributed by atoms with Crippen LogP contribution < -0.4 is 5.32 Å². The highest BCUT2D eigenvalue weighted by Gasteiger charge is 2.29. The third-order valence-electron chi connectivity index (χ3n) is 4.76. The number of likely N-dealkylation sites (tertiary alicyclic amines) is 1. The van der Waals surface area contributed by atoms with Gasteiger partial charge in [-0.3, -0.25) is 4.79 Å². The molecule has 7 nitrogen and oxygen atoms in total. The van der Waals surface area contributed by atoms with Crippen molar-refractivity contribution in [3.8, 4) is 0 Å². The van der Waals surface area contributed by atoms with E-state index in [9.17, 15) is 4.79 Å². The molecule has 3 rings (SSSR count). The van der Waals surface area contributed by atoms with Crippen molar-refractivity contribution in [2.24, 2.45) is 5.92 Å². The van der Waals surface area contributed by atoms with E-state index in [1.165, 1.54) is 12.8 Å². The van der Waals surface area contributed by atoms with E-state index in [0.717, 1.165) is 44.2 Å². The fraction of sp³-hybridized carbons (Fsp3) is 0.812. The molecular weight excluding hydrogens is 294 g/mol. The van der Waals surface area contributed by atoms with Crippen molar-refractivity contribution in [3.05, 3.63) is 12.2 Å². The van der Waals surface area contributed by atoms with Crippen molar-refractivity contribution in [2.45, 2.75) is 51.2 Å². The van der Waals surface area contributed by atoms with Crippen LogP contribution in [-0.4, -0.2) is 58.4 Å². The molecule has 1 atom stereocenters. The highest BCUT2D eigenvalue weighted by atomic mass is 16.5. The lowest BCUT2D eigenvalue weighted by Gasteiger charge is -2.20. The molecule has 23 heavy (non-hydrogen) atoms. The molecule has 1 aromatic rings. The van der Waals surface area contributed by atoms with Crippen LogP contribution in [0.15, 0.2) is 6.33 Å². The van der Waals surface area contributed by atoms with E-state index in [4.69, 9.17) is 4.74 Å². The van der Waals surface area contributed by atoms with Gasteiger partial charge in [0, 0.05) is 39.2 Å². The van der Waals surface area contributed by atoms with E-state index in [-0.39, 0.29) is 0 Å². The summed E-state index contributed by atoms with van der Waals surface area (Å²) >= 11 is 0. The SMILES string of the molecule is COCCn1cnnc1CNC1CCC(=O)N(CC2CC2)CC1. The molecule has 1 amide bonds. The molecular formula is C16H27N5O2. The van der Waals surface area contributed by atoms with Crippen LogP contribution in [0.1, 0.15) is 37.9 Å². The number of rotatable bonds is 8. The van der Waals surface area contributed by atoms with E-state index >= 15 is 0 Å². The minimum absolute atomic E-state index is 0.324. The molecule has 2 heterocycles. The second-order valence-electron chi connectivity index (χ2n) is 6.62. The molecule has 128 valence electrons. The van der Waals surface area contributed by atoms with Crippen molar-refractivity contribution in [1.82, 2.24) is 25.0 Å². The summed E-state index contributed by atoms with van der Waals surface area (Å²) in [5.74, 6) is 2.01. The van der Waals surface area contributed by atoms with Gasteiger partial charge in [0.05, 0.1) is 13.2 Å². The third kappa shape index (κ3) is 4.75. The van der Waals surface area contributed by atoms with Gasteiger partial charge in [-0.2, -0.15) is 0 Å². The molecule has 1 N–H and O–H groups in total. The summed E-state index contributed by atoms with van der Waals surface area (Å²) in [4.78, 5) is 14.3. The Bertz CT molecular complexity index is 514. The third-order valence-corrected chi connectivity index (χ3v) is 4.76. The maximum Gasteiger partial charge on any atom is 0.222 e. The van der Waals surface area contributed by atoms with Gasteiger partial charge in [-0.15, -0.1) is 10.2 Å². The van der Waals surface area contributed by atoms with Crippen LogP contribution in [-0.2, 0) is 22.6 Å². The Morgan fingerprint density at radius 1 is 1.35 bits per heavy atom. The zero-order chi connectivity index (χ0) is 16.1. The molecule has 0 aromatic carbocycles. The van der Waals surface area contributed by atoms with Gasteiger partial charge in [-0.25, -0.2) is 0 Å². The molecule has 1 unspecified atom stereocenters. The highest BCUT2D eigenvalue weighted by Crippen LogP contribution is 2.30. The zero-order valence-electron chi connectivity index (χ0n) is 13.9. The van der Waals surface area contributed by atoms with Crippen molar-refractivity contribution in [1.29, 1.82) is 0 Å². The first-order valence-corrected chi connectivity index (χ1v) is 8.63. The van der Waals surface area contributed by atoms with E-state index in [0.29, 0.717) is 31.5 Å². The standard InChI is InChI=1S/C16H27N5O2/c1-23-9-8-21-12-18-19-15(21)10-17-14-4-5-16(22)20(7-6-14)11-13-2-3-13/h12-14,17H,2-11H2,1H3. The zero-order valence-corrected chi connectivity index (χ0v) is 13.9. The number of aromatic nitrogens is 3. The maximum absolute atomic E-state index is 12.2. The monoisotopic (exact) mass is 321 g/mol. The molecule has 1 aliphatic heterocycles. The lowest BCUT2D eigenvalue weighted by molar-refractivity contribution is -0.130. The first-order valence-electron chi connectivity index (χ1n) is 8.63. The molecule has 1 saturated carbocycles. The predicted molar refractivity (Wildman–Crippen MR) is 85.7 cm³/mol. The van der Waals surface area contributed by atoms with E-state index in [1.807, 2.05) is 4.57 Å². The number of nitrogens with zero attached hydrogens (tertiary/aromatic N) is 4. The number of carbonyl (C=O) groups is 1. The number of ether oxygens (including phenoxy) is 1. The molecule has 7 heteroatoms. The summed E-state index contributed by atoms with van der Waals surface area (Å²) in [6.45, 7) is 3.95. The van der Waals surface area contributed by atoms with Crippen LogP contribution in [0, 0.1) is 5.92 Å². The summed E-state index contributed by atoms with van der Waals surface area (Å²) in [6.07, 6.45) is 6.91. The lowest BCUT2D eigenvalue weighted by atomic mass is 10.1. The number of methoxy groups -OCH3 is 1. The van der Waals surface area contributed by atoms with Crippen molar-refractivity contribution >= 4 is 5.91 Å². The van der Waals surface area contributed by atoms with Gasteiger partial charge in [0.15, 0.2) is 0 Å². The average Bonchev–Trinajstić information content (AvgIpc) is 3.30. The van der Waals surface area contributed by atoms with Gasteiger partial charge in [-0.1, -0.05) is 0 Å². The minimum Gasteiger partial charge on any atom is -0.383 e. The average molecular weight is 321 g/mol. The van der Waals surface area contributed by atoms with Crippen molar-refractivity contribution < 1.29 is 9.53 Å². The van der Waals surface area contributed by atoms with Crippen LogP contribution in [0.3, 0.4) is 0 Å². The van der Waals surface area contributed by atoms with Gasteiger partial charge in [0.25, 0.3) is 0 Å². The Morgan fingerprint density at radius 2 is 2.22 bits per heavy atom. The normalized spacial score (nSPS) is 22.4. The number of amides is 1. The van der Waals surface area contributed by atoms with Crippen molar-refractivity contribution in [3.63, 3.8) is 0 Å². The molecule has 1 aliphatic carbocycles. The fourth-order valence-corrected chi connectivity index (χ4v) is 3.07. The first kappa shape index (κ1) is 16.4. The molecule has 0 radical (unpaired) electrons. The Morgan fingerprint density at radius 3 is 3.00 bits per heavy atom. The molecule has 2 fully saturated rings. The molecule has 1 saturated heterocycles. The van der Waals surface area contributed by atoms with Gasteiger partial charge >= 0.3 is 0 Å². The van der Waals surface area contributed by atoms with E-state index in [2.05, 4.69) is 20.4 Å². The molecule has 2 aliphatic rings. The second-order valence-corrected chi connectivity index (χ2v) is 6.62. The summed E-state index contributed by atoms with van der Waals surface area (Å²) in [5, 5.41) is 11.7. The van der Waals surface area contributed by atoms with Crippen LogP contribution in [0.2, 0.25) is 0 Å². The Kier molecular flexibility index (Phi) is 5.61. The molecule has 0 spiro atoms. The summed E-state index contributed by atoms with van der Waals surface area (Å²) in [6, 6.07) is 0.371. The second kappa shape index (κ2) is 7.88. The minimum atomic E-state index is 0.324. The molecule has 0 bridgehead atoms. The number of carbonyl (C=O) groups excluding carboxylic acids is 1. The van der Waals surface area contributed by atoms with Crippen molar-refractivity contribution in [2.75, 3.05) is 26.8 Å². The maximum atomic E-state index is 12.2. The summed E-state index contributed by atoms with van der Waals surface area (Å²) < 4.78 is 7.11. The number of nitrogens with one attached hydrogen (secondary N) is 1. The van der Waals surface area contributed by atoms with Gasteiger partial charge in [-0.05, 0) is 31.6 Å². The van der Waals surface area contributed by atoms with Crippen LogP contribution in [0.25, 0.3) is 0 Å². The van der Waals surface area contributed by atoms with E-state index in [1.54, 1.807) is 13.4 Å². The van der Waals surface area contributed by atoms with Crippen LogP contribution in [0.5, 0.6) is 0 Å². The quantitative estimate of drug-likeness (QED) is 0.767. The van der Waals surface area contributed by atoms with Gasteiger partial charge < -0.3 is 19.5 Å². The van der Waals surface area contributed by atoms with E-state index < -0.39 is 0 Å². The van der Waals surface area contributed by atoms with Crippen LogP contribution >= 0.6 is 0 Å². The van der Waals surface area contributed by atoms with Gasteiger partial charge in [0.2, 0.25) is 5.91 Å². The smallest absolute Gasteiger partial charge is 0.222 e. The number of hydrogen-bond donors (Lipinski definition) is 1. The predicted octanol–water partition coefficient (Wildman–Crippen LogP) is 0.805.